The Labute approximate surface area is 102 Å². The van der Waals surface area contributed by atoms with E-state index in [9.17, 15) is 8.42 Å². The first-order valence-corrected chi connectivity index (χ1v) is 7.04. The highest BCUT2D eigenvalue weighted by molar-refractivity contribution is 7.89. The molecule has 1 aromatic heterocycles. The van der Waals surface area contributed by atoms with Gasteiger partial charge in [-0.25, -0.2) is 13.1 Å². The second-order valence-corrected chi connectivity index (χ2v) is 6.25. The fourth-order valence-corrected chi connectivity index (χ4v) is 2.83. The highest BCUT2D eigenvalue weighted by atomic mass is 32.2. The zero-order chi connectivity index (χ0) is 13.1. The standard InChI is InChI=1S/C10H20N4O2S/c1-8(2)4-9(5-11)13-17(15,16)10-6-12-14(3)7-10/h6-9,13H,4-5,11H2,1-3H3. The summed E-state index contributed by atoms with van der Waals surface area (Å²) in [4.78, 5) is 0.169. The lowest BCUT2D eigenvalue weighted by atomic mass is 10.1. The molecule has 0 aliphatic heterocycles. The lowest BCUT2D eigenvalue weighted by Crippen LogP contribution is -2.40. The van der Waals surface area contributed by atoms with Crippen molar-refractivity contribution in [3.05, 3.63) is 12.4 Å². The molecule has 6 nitrogen and oxygen atoms in total. The molecule has 0 aliphatic rings. The van der Waals surface area contributed by atoms with Crippen LogP contribution < -0.4 is 10.5 Å². The Hall–Kier alpha value is -0.920. The van der Waals surface area contributed by atoms with Crippen LogP contribution in [-0.4, -0.2) is 30.8 Å². The minimum Gasteiger partial charge on any atom is -0.329 e. The molecule has 1 rings (SSSR count). The van der Waals surface area contributed by atoms with Gasteiger partial charge in [0.2, 0.25) is 10.0 Å². The number of aromatic nitrogens is 2. The maximum Gasteiger partial charge on any atom is 0.243 e. The van der Waals surface area contributed by atoms with Crippen LogP contribution in [0, 0.1) is 5.92 Å². The van der Waals surface area contributed by atoms with Crippen LogP contribution in [0.4, 0.5) is 0 Å². The van der Waals surface area contributed by atoms with Crippen molar-refractivity contribution in [3.8, 4) is 0 Å². The Morgan fingerprint density at radius 3 is 2.59 bits per heavy atom. The predicted octanol–water partition coefficient (Wildman–Crippen LogP) is 0.0718. The molecule has 0 aliphatic carbocycles. The highest BCUT2D eigenvalue weighted by Gasteiger charge is 2.21. The highest BCUT2D eigenvalue weighted by Crippen LogP contribution is 2.10. The van der Waals surface area contributed by atoms with E-state index in [4.69, 9.17) is 5.73 Å². The van der Waals surface area contributed by atoms with E-state index in [-0.39, 0.29) is 17.5 Å². The summed E-state index contributed by atoms with van der Waals surface area (Å²) in [5.74, 6) is 0.389. The van der Waals surface area contributed by atoms with Gasteiger partial charge in [-0.3, -0.25) is 4.68 Å². The Morgan fingerprint density at radius 2 is 2.18 bits per heavy atom. The molecule has 7 heteroatoms. The number of hydrogen-bond donors (Lipinski definition) is 2. The number of sulfonamides is 1. The molecule has 0 spiro atoms. The molecule has 0 fully saturated rings. The Kier molecular flexibility index (Phi) is 4.67. The predicted molar refractivity (Wildman–Crippen MR) is 65.8 cm³/mol. The molecule has 0 radical (unpaired) electrons. The van der Waals surface area contributed by atoms with Gasteiger partial charge in [-0.15, -0.1) is 0 Å². The summed E-state index contributed by atoms with van der Waals surface area (Å²) in [6, 6.07) is -0.236. The monoisotopic (exact) mass is 260 g/mol. The van der Waals surface area contributed by atoms with Crippen LogP contribution in [0.2, 0.25) is 0 Å². The molecule has 98 valence electrons. The second kappa shape index (κ2) is 5.61. The van der Waals surface area contributed by atoms with Gasteiger partial charge in [-0.1, -0.05) is 13.8 Å². The lowest BCUT2D eigenvalue weighted by molar-refractivity contribution is 0.465. The van der Waals surface area contributed by atoms with Crippen LogP contribution in [0.1, 0.15) is 20.3 Å². The zero-order valence-corrected chi connectivity index (χ0v) is 11.2. The normalized spacial score (nSPS) is 14.2. The quantitative estimate of drug-likeness (QED) is 0.757. The van der Waals surface area contributed by atoms with Crippen LogP contribution >= 0.6 is 0 Å². The number of nitrogens with zero attached hydrogens (tertiary/aromatic N) is 2. The average Bonchev–Trinajstić information content (AvgIpc) is 2.63. The van der Waals surface area contributed by atoms with E-state index >= 15 is 0 Å². The molecule has 0 bridgehead atoms. The maximum absolute atomic E-state index is 12.0. The molecule has 1 aromatic rings. The zero-order valence-electron chi connectivity index (χ0n) is 10.4. The first-order chi connectivity index (χ1) is 7.85. The molecule has 0 saturated carbocycles. The molecular weight excluding hydrogens is 240 g/mol. The minimum atomic E-state index is -3.51. The smallest absolute Gasteiger partial charge is 0.243 e. The van der Waals surface area contributed by atoms with Crippen molar-refractivity contribution < 1.29 is 8.42 Å². The average molecular weight is 260 g/mol. The topological polar surface area (TPSA) is 90.0 Å². The van der Waals surface area contributed by atoms with E-state index in [0.717, 1.165) is 6.42 Å². The molecule has 1 atom stereocenters. The van der Waals surface area contributed by atoms with Gasteiger partial charge in [0.05, 0.1) is 6.20 Å². The molecule has 0 amide bonds. The van der Waals surface area contributed by atoms with Gasteiger partial charge in [0.15, 0.2) is 0 Å². The maximum atomic E-state index is 12.0. The van der Waals surface area contributed by atoms with E-state index in [2.05, 4.69) is 9.82 Å². The van der Waals surface area contributed by atoms with Crippen LogP contribution in [0.3, 0.4) is 0 Å². The van der Waals surface area contributed by atoms with Crippen LogP contribution in [0.5, 0.6) is 0 Å². The Morgan fingerprint density at radius 1 is 1.53 bits per heavy atom. The summed E-state index contributed by atoms with van der Waals surface area (Å²) >= 11 is 0. The van der Waals surface area contributed by atoms with E-state index in [1.807, 2.05) is 13.8 Å². The lowest BCUT2D eigenvalue weighted by Gasteiger charge is -2.18. The first kappa shape index (κ1) is 14.1. The second-order valence-electron chi connectivity index (χ2n) is 4.53. The number of nitrogens with one attached hydrogen (secondary N) is 1. The first-order valence-electron chi connectivity index (χ1n) is 5.56. The Bertz CT molecular complexity index is 453. The molecule has 3 N–H and O–H groups in total. The van der Waals surface area contributed by atoms with Crippen molar-refractivity contribution in [3.63, 3.8) is 0 Å². The van der Waals surface area contributed by atoms with Gasteiger partial charge < -0.3 is 5.73 Å². The van der Waals surface area contributed by atoms with Crippen molar-refractivity contribution in [1.29, 1.82) is 0 Å². The molecule has 1 heterocycles. The third-order valence-corrected chi connectivity index (χ3v) is 3.83. The van der Waals surface area contributed by atoms with Crippen LogP contribution in [-0.2, 0) is 17.1 Å². The van der Waals surface area contributed by atoms with Gasteiger partial charge in [0, 0.05) is 25.8 Å². The molecule has 17 heavy (non-hydrogen) atoms. The fraction of sp³-hybridized carbons (Fsp3) is 0.700. The van der Waals surface area contributed by atoms with Crippen molar-refractivity contribution in [2.75, 3.05) is 6.54 Å². The van der Waals surface area contributed by atoms with Gasteiger partial charge >= 0.3 is 0 Å². The third kappa shape index (κ3) is 4.10. The SMILES string of the molecule is CC(C)CC(CN)NS(=O)(=O)c1cnn(C)c1. The summed E-state index contributed by atoms with van der Waals surface area (Å²) in [6.45, 7) is 4.35. The van der Waals surface area contributed by atoms with E-state index < -0.39 is 10.0 Å². The largest absolute Gasteiger partial charge is 0.329 e. The summed E-state index contributed by atoms with van der Waals surface area (Å²) in [6.07, 6.45) is 3.51. The molecule has 0 aromatic carbocycles. The number of aryl methyl sites for hydroxylation is 1. The van der Waals surface area contributed by atoms with E-state index in [1.165, 1.54) is 17.1 Å². The van der Waals surface area contributed by atoms with Crippen molar-refractivity contribution in [2.45, 2.75) is 31.2 Å². The molecule has 0 saturated heterocycles. The van der Waals surface area contributed by atoms with E-state index in [1.54, 1.807) is 7.05 Å². The Balaban J connectivity index is 2.78. The van der Waals surface area contributed by atoms with Gasteiger partial charge in [0.25, 0.3) is 0 Å². The van der Waals surface area contributed by atoms with Crippen LogP contribution in [0.25, 0.3) is 0 Å². The molecular formula is C10H20N4O2S. The van der Waals surface area contributed by atoms with Gasteiger partial charge in [-0.05, 0) is 12.3 Å². The van der Waals surface area contributed by atoms with Crippen molar-refractivity contribution in [1.82, 2.24) is 14.5 Å². The number of hydrogen-bond acceptors (Lipinski definition) is 4. The number of rotatable bonds is 6. The van der Waals surface area contributed by atoms with E-state index in [0.29, 0.717) is 5.92 Å². The van der Waals surface area contributed by atoms with Crippen molar-refractivity contribution in [2.24, 2.45) is 18.7 Å². The number of nitrogens with two attached hydrogens (primary N) is 1. The summed E-state index contributed by atoms with van der Waals surface area (Å²) in [5, 5.41) is 3.84. The van der Waals surface area contributed by atoms with Crippen LogP contribution in [0.15, 0.2) is 17.3 Å². The third-order valence-electron chi connectivity index (χ3n) is 2.35. The molecule has 1 unspecified atom stereocenters. The summed E-state index contributed by atoms with van der Waals surface area (Å²) in [7, 11) is -1.84. The summed E-state index contributed by atoms with van der Waals surface area (Å²) < 4.78 is 28.0. The summed E-state index contributed by atoms with van der Waals surface area (Å²) in [5.41, 5.74) is 5.56. The van der Waals surface area contributed by atoms with Gasteiger partial charge in [-0.2, -0.15) is 5.10 Å². The van der Waals surface area contributed by atoms with Gasteiger partial charge in [0.1, 0.15) is 4.90 Å². The fourth-order valence-electron chi connectivity index (χ4n) is 1.59. The van der Waals surface area contributed by atoms with Crippen molar-refractivity contribution >= 4 is 10.0 Å². The minimum absolute atomic E-state index is 0.169.